The predicted molar refractivity (Wildman–Crippen MR) is 99.5 cm³/mol. The molecule has 134 valence electrons. The van der Waals surface area contributed by atoms with Crippen LogP contribution >= 0.6 is 0 Å². The minimum Gasteiger partial charge on any atom is -0.311 e. The Bertz CT molecular complexity index is 1120. The zero-order valence-electron chi connectivity index (χ0n) is 15.8. The second kappa shape index (κ2) is 5.75. The fraction of sp³-hybridized carbons (Fsp3) is 0.500. The molecule has 3 aromatic rings. The molecule has 0 amide bonds. The van der Waals surface area contributed by atoms with Crippen LogP contribution in [0.2, 0.25) is 0 Å². The van der Waals surface area contributed by atoms with Crippen LogP contribution in [0, 0.1) is 13.8 Å². The first-order valence-corrected chi connectivity index (χ1v) is 8.54. The van der Waals surface area contributed by atoms with Gasteiger partial charge in [0.2, 0.25) is 5.78 Å². The van der Waals surface area contributed by atoms with E-state index < -0.39 is 0 Å². The van der Waals surface area contributed by atoms with E-state index in [4.69, 9.17) is 0 Å². The molecule has 0 saturated carbocycles. The third-order valence-corrected chi connectivity index (χ3v) is 5.02. The minimum atomic E-state index is -0.370. The fourth-order valence-electron chi connectivity index (χ4n) is 3.39. The Morgan fingerprint density at radius 3 is 2.44 bits per heavy atom. The van der Waals surface area contributed by atoms with Crippen LogP contribution in [0.3, 0.4) is 0 Å². The summed E-state index contributed by atoms with van der Waals surface area (Å²) in [5.74, 6) is 0.708. The summed E-state index contributed by atoms with van der Waals surface area (Å²) in [6.07, 6.45) is 0.951. The van der Waals surface area contributed by atoms with Crippen molar-refractivity contribution < 1.29 is 0 Å². The quantitative estimate of drug-likeness (QED) is 0.683. The first kappa shape index (κ1) is 17.3. The topological polar surface area (TPSA) is 66.2 Å². The molecule has 0 bridgehead atoms. The smallest absolute Gasteiger partial charge is 0.311 e. The van der Waals surface area contributed by atoms with Crippen LogP contribution < -0.4 is 11.2 Å². The van der Waals surface area contributed by atoms with Gasteiger partial charge >= 0.3 is 5.69 Å². The Morgan fingerprint density at radius 1 is 1.24 bits per heavy atom. The van der Waals surface area contributed by atoms with Crippen molar-refractivity contribution in [3.63, 3.8) is 0 Å². The van der Waals surface area contributed by atoms with E-state index in [-0.39, 0.29) is 23.8 Å². The summed E-state index contributed by atoms with van der Waals surface area (Å²) in [6.45, 7) is 14.1. The molecular weight excluding hydrogens is 318 g/mol. The molecule has 0 saturated heterocycles. The minimum absolute atomic E-state index is 0.207. The molecule has 0 radical (unpaired) electrons. The Labute approximate surface area is 145 Å². The highest BCUT2D eigenvalue weighted by molar-refractivity contribution is 5.76. The van der Waals surface area contributed by atoms with Crippen LogP contribution in [0.4, 0.5) is 0 Å². The van der Waals surface area contributed by atoms with Gasteiger partial charge in [0, 0.05) is 24.5 Å². The van der Waals surface area contributed by atoms with Gasteiger partial charge in [0.05, 0.1) is 6.54 Å². The van der Waals surface area contributed by atoms with Crippen LogP contribution in [-0.4, -0.2) is 23.1 Å². The van der Waals surface area contributed by atoms with Crippen LogP contribution in [0.5, 0.6) is 0 Å². The van der Waals surface area contributed by atoms with Gasteiger partial charge in [-0.15, -0.1) is 0 Å². The van der Waals surface area contributed by atoms with Gasteiger partial charge in [-0.05, 0) is 34.1 Å². The van der Waals surface area contributed by atoms with Crippen molar-refractivity contribution in [2.75, 3.05) is 0 Å². The molecule has 0 aliphatic rings. The molecule has 7 nitrogen and oxygen atoms in total. The number of fused-ring (bicyclic) bond motifs is 3. The van der Waals surface area contributed by atoms with E-state index >= 15 is 0 Å². The van der Waals surface area contributed by atoms with E-state index in [9.17, 15) is 9.59 Å². The van der Waals surface area contributed by atoms with E-state index in [0.717, 1.165) is 23.4 Å². The molecule has 25 heavy (non-hydrogen) atoms. The predicted octanol–water partition coefficient (Wildman–Crippen LogP) is 2.31. The van der Waals surface area contributed by atoms with Crippen molar-refractivity contribution in [2.45, 2.75) is 53.6 Å². The average molecular weight is 343 g/mol. The van der Waals surface area contributed by atoms with Crippen molar-refractivity contribution in [1.29, 1.82) is 0 Å². The van der Waals surface area contributed by atoms with Gasteiger partial charge in [-0.2, -0.15) is 4.98 Å². The zero-order valence-corrected chi connectivity index (χ0v) is 15.8. The van der Waals surface area contributed by atoms with E-state index in [1.807, 2.05) is 18.2 Å². The maximum atomic E-state index is 13.1. The van der Waals surface area contributed by atoms with E-state index in [2.05, 4.69) is 30.0 Å². The Morgan fingerprint density at radius 2 is 1.88 bits per heavy atom. The summed E-state index contributed by atoms with van der Waals surface area (Å²) in [6, 6.07) is 0.252. The summed E-state index contributed by atoms with van der Waals surface area (Å²) >= 11 is 0. The molecule has 3 rings (SSSR count). The number of rotatable bonds is 4. The number of aromatic nitrogens is 5. The number of hydrogen-bond acceptors (Lipinski definition) is 3. The normalized spacial score (nSPS) is 13.0. The summed E-state index contributed by atoms with van der Waals surface area (Å²) in [4.78, 5) is 30.3. The first-order valence-electron chi connectivity index (χ1n) is 8.54. The van der Waals surface area contributed by atoms with Gasteiger partial charge in [0.25, 0.3) is 5.56 Å². The summed E-state index contributed by atoms with van der Waals surface area (Å²) in [5.41, 5.74) is 2.98. The second-order valence-electron chi connectivity index (χ2n) is 6.91. The molecular formula is C18H25N5O2. The summed E-state index contributed by atoms with van der Waals surface area (Å²) in [5, 5.41) is 0. The molecule has 7 heteroatoms. The Hall–Kier alpha value is -2.57. The third-order valence-electron chi connectivity index (χ3n) is 5.02. The zero-order chi connectivity index (χ0) is 18.6. The number of imidazole rings is 2. The van der Waals surface area contributed by atoms with Crippen LogP contribution in [-0.2, 0) is 13.6 Å². The number of nitrogens with zero attached hydrogens (tertiary/aromatic N) is 5. The van der Waals surface area contributed by atoms with E-state index in [0.29, 0.717) is 16.9 Å². The highest BCUT2D eigenvalue weighted by Gasteiger charge is 2.23. The molecule has 0 spiro atoms. The van der Waals surface area contributed by atoms with Crippen molar-refractivity contribution in [3.8, 4) is 0 Å². The van der Waals surface area contributed by atoms with Crippen LogP contribution in [0.1, 0.15) is 44.6 Å². The van der Waals surface area contributed by atoms with Crippen molar-refractivity contribution >= 4 is 16.9 Å². The lowest BCUT2D eigenvalue weighted by Gasteiger charge is -2.13. The highest BCUT2D eigenvalue weighted by atomic mass is 16.2. The lowest BCUT2D eigenvalue weighted by molar-refractivity contribution is 0.532. The first-order chi connectivity index (χ1) is 11.7. The van der Waals surface area contributed by atoms with E-state index in [1.165, 1.54) is 9.13 Å². The lowest BCUT2D eigenvalue weighted by Crippen LogP contribution is -2.39. The molecule has 1 atom stereocenters. The number of allylic oxidation sites excluding steroid dienone is 1. The van der Waals surface area contributed by atoms with Crippen LogP contribution in [0.15, 0.2) is 21.7 Å². The van der Waals surface area contributed by atoms with Gasteiger partial charge in [-0.3, -0.25) is 18.3 Å². The molecule has 0 aliphatic heterocycles. The molecule has 3 aromatic heterocycles. The lowest BCUT2D eigenvalue weighted by atomic mass is 10.2. The maximum absolute atomic E-state index is 13.1. The molecule has 0 aliphatic carbocycles. The molecule has 0 fully saturated rings. The average Bonchev–Trinajstić information content (AvgIpc) is 3.05. The Balaban J connectivity index is 2.55. The molecule has 0 N–H and O–H groups in total. The second-order valence-corrected chi connectivity index (χ2v) is 6.91. The standard InChI is InChI=1S/C18H25N5O2/c1-8-11(4)22-12(5)13(6)23-14-15(19-17(22)23)20(7)18(25)21(16(14)24)9-10(2)3/h11H,2,8-9H2,1,3-7H3/t11-/m0/s1. The van der Waals surface area contributed by atoms with Gasteiger partial charge in [0.15, 0.2) is 11.2 Å². The molecule has 0 unspecified atom stereocenters. The van der Waals surface area contributed by atoms with Gasteiger partial charge in [-0.25, -0.2) is 4.79 Å². The summed E-state index contributed by atoms with van der Waals surface area (Å²) < 4.78 is 6.70. The molecule has 3 heterocycles. The maximum Gasteiger partial charge on any atom is 0.332 e. The third kappa shape index (κ3) is 2.29. The Kier molecular flexibility index (Phi) is 3.97. The summed E-state index contributed by atoms with van der Waals surface area (Å²) in [7, 11) is 1.65. The van der Waals surface area contributed by atoms with Crippen molar-refractivity contribution in [1.82, 2.24) is 23.1 Å². The highest BCUT2D eigenvalue weighted by Crippen LogP contribution is 2.25. The van der Waals surface area contributed by atoms with E-state index in [1.54, 1.807) is 14.0 Å². The van der Waals surface area contributed by atoms with Gasteiger partial charge in [-0.1, -0.05) is 19.1 Å². The fourth-order valence-corrected chi connectivity index (χ4v) is 3.39. The largest absolute Gasteiger partial charge is 0.332 e. The van der Waals surface area contributed by atoms with Crippen LogP contribution in [0.25, 0.3) is 16.9 Å². The number of hydrogen-bond donors (Lipinski definition) is 0. The van der Waals surface area contributed by atoms with Gasteiger partial charge in [0.1, 0.15) is 0 Å². The number of aryl methyl sites for hydroxylation is 2. The van der Waals surface area contributed by atoms with Gasteiger partial charge < -0.3 is 4.57 Å². The monoisotopic (exact) mass is 343 g/mol. The SMILES string of the molecule is C=C(C)Cn1c(=O)c2c(nc3n([C@@H](C)CC)c(C)c(C)n23)n(C)c1=O. The van der Waals surface area contributed by atoms with Crippen molar-refractivity contribution in [2.24, 2.45) is 7.05 Å². The molecule has 0 aromatic carbocycles. The van der Waals surface area contributed by atoms with Crippen molar-refractivity contribution in [3.05, 3.63) is 44.4 Å².